The number of methoxy groups -OCH3 is 1. The van der Waals surface area contributed by atoms with Crippen LogP contribution in [0.2, 0.25) is 0 Å². The Bertz CT molecular complexity index is 266. The fourth-order valence-electron chi connectivity index (χ4n) is 1.25. The fraction of sp³-hybridized carbons (Fsp3) is 0.400. The molecule has 0 amide bonds. The molecule has 0 radical (unpaired) electrons. The van der Waals surface area contributed by atoms with Crippen molar-refractivity contribution in [2.24, 2.45) is 0 Å². The van der Waals surface area contributed by atoms with Gasteiger partial charge >= 0.3 is 0 Å². The van der Waals surface area contributed by atoms with Gasteiger partial charge in [-0.15, -0.1) is 0 Å². The van der Waals surface area contributed by atoms with Gasteiger partial charge in [-0.2, -0.15) is 0 Å². The molecule has 1 atom stereocenters. The van der Waals surface area contributed by atoms with Crippen LogP contribution in [-0.2, 0) is 11.2 Å². The first-order valence-electron chi connectivity index (χ1n) is 4.13. The minimum atomic E-state index is 0.456. The maximum atomic E-state index is 5.15. The van der Waals surface area contributed by atoms with E-state index in [2.05, 4.69) is 12.1 Å². The van der Waals surface area contributed by atoms with Crippen molar-refractivity contribution in [1.29, 1.82) is 0 Å². The van der Waals surface area contributed by atoms with E-state index in [1.54, 1.807) is 7.11 Å². The summed E-state index contributed by atoms with van der Waals surface area (Å²) in [6.45, 7) is 0.914. The van der Waals surface area contributed by atoms with E-state index in [-0.39, 0.29) is 0 Å². The zero-order chi connectivity index (χ0) is 8.39. The second-order valence-electron chi connectivity index (χ2n) is 3.01. The summed E-state index contributed by atoms with van der Waals surface area (Å²) in [6, 6.07) is 8.12. The van der Waals surface area contributed by atoms with Crippen molar-refractivity contribution in [3.05, 3.63) is 29.8 Å². The summed E-state index contributed by atoms with van der Waals surface area (Å²) in [5.74, 6) is 0.924. The van der Waals surface area contributed by atoms with Gasteiger partial charge in [0.05, 0.1) is 19.8 Å². The normalized spacial score (nSPS) is 20.6. The molecule has 1 heterocycles. The van der Waals surface area contributed by atoms with Crippen molar-refractivity contribution in [3.8, 4) is 5.75 Å². The zero-order valence-electron chi connectivity index (χ0n) is 7.12. The first-order chi connectivity index (χ1) is 5.88. The summed E-state index contributed by atoms with van der Waals surface area (Å²) >= 11 is 0. The predicted octanol–water partition coefficient (Wildman–Crippen LogP) is 1.64. The number of epoxide rings is 1. The first-order valence-corrected chi connectivity index (χ1v) is 4.13. The highest BCUT2D eigenvalue weighted by Gasteiger charge is 2.22. The Morgan fingerprint density at radius 1 is 1.58 bits per heavy atom. The SMILES string of the molecule is COc1cccc(CC2CO2)c1. The monoisotopic (exact) mass is 164 g/mol. The van der Waals surface area contributed by atoms with Gasteiger partial charge in [-0.25, -0.2) is 0 Å². The third-order valence-corrected chi connectivity index (χ3v) is 2.00. The molecule has 2 rings (SSSR count). The molecule has 1 unspecified atom stereocenters. The van der Waals surface area contributed by atoms with E-state index in [0.717, 1.165) is 18.8 Å². The van der Waals surface area contributed by atoms with Crippen LogP contribution in [0.1, 0.15) is 5.56 Å². The number of rotatable bonds is 3. The lowest BCUT2D eigenvalue weighted by Gasteiger charge is -2.01. The Morgan fingerprint density at radius 2 is 2.42 bits per heavy atom. The number of benzene rings is 1. The largest absolute Gasteiger partial charge is 0.497 e. The molecule has 12 heavy (non-hydrogen) atoms. The predicted molar refractivity (Wildman–Crippen MR) is 46.4 cm³/mol. The molecule has 1 aliphatic heterocycles. The third-order valence-electron chi connectivity index (χ3n) is 2.00. The molecule has 0 spiro atoms. The molecule has 1 aliphatic rings. The molecule has 1 aromatic rings. The summed E-state index contributed by atoms with van der Waals surface area (Å²) in [5.41, 5.74) is 1.29. The van der Waals surface area contributed by atoms with Gasteiger partial charge < -0.3 is 9.47 Å². The molecule has 2 nitrogen and oxygen atoms in total. The number of hydrogen-bond donors (Lipinski definition) is 0. The van der Waals surface area contributed by atoms with E-state index in [1.165, 1.54) is 5.56 Å². The van der Waals surface area contributed by atoms with Crippen molar-refractivity contribution in [2.45, 2.75) is 12.5 Å². The van der Waals surface area contributed by atoms with E-state index in [4.69, 9.17) is 9.47 Å². The molecule has 64 valence electrons. The van der Waals surface area contributed by atoms with Crippen LogP contribution < -0.4 is 4.74 Å². The van der Waals surface area contributed by atoms with Crippen LogP contribution in [-0.4, -0.2) is 19.8 Å². The maximum absolute atomic E-state index is 5.15. The van der Waals surface area contributed by atoms with Gasteiger partial charge in [0.1, 0.15) is 5.75 Å². The van der Waals surface area contributed by atoms with Crippen molar-refractivity contribution in [3.63, 3.8) is 0 Å². The molecule has 0 aromatic heterocycles. The second kappa shape index (κ2) is 3.15. The van der Waals surface area contributed by atoms with Crippen LogP contribution in [0.3, 0.4) is 0 Å². The average Bonchev–Trinajstić information content (AvgIpc) is 2.89. The van der Waals surface area contributed by atoms with Gasteiger partial charge in [0.15, 0.2) is 0 Å². The summed E-state index contributed by atoms with van der Waals surface area (Å²) in [6.07, 6.45) is 1.47. The number of ether oxygens (including phenoxy) is 2. The van der Waals surface area contributed by atoms with Crippen molar-refractivity contribution in [1.82, 2.24) is 0 Å². The second-order valence-corrected chi connectivity index (χ2v) is 3.01. The minimum Gasteiger partial charge on any atom is -0.497 e. The average molecular weight is 164 g/mol. The van der Waals surface area contributed by atoms with E-state index in [0.29, 0.717) is 6.10 Å². The van der Waals surface area contributed by atoms with Crippen LogP contribution in [0, 0.1) is 0 Å². The highest BCUT2D eigenvalue weighted by atomic mass is 16.6. The van der Waals surface area contributed by atoms with Crippen LogP contribution in [0.25, 0.3) is 0 Å². The molecule has 0 saturated carbocycles. The smallest absolute Gasteiger partial charge is 0.119 e. The van der Waals surface area contributed by atoms with E-state index < -0.39 is 0 Å². The minimum absolute atomic E-state index is 0.456. The van der Waals surface area contributed by atoms with Crippen molar-refractivity contribution < 1.29 is 9.47 Å². The van der Waals surface area contributed by atoms with Crippen LogP contribution >= 0.6 is 0 Å². The van der Waals surface area contributed by atoms with Gasteiger partial charge in [-0.3, -0.25) is 0 Å². The molecular weight excluding hydrogens is 152 g/mol. The van der Waals surface area contributed by atoms with E-state index >= 15 is 0 Å². The summed E-state index contributed by atoms with van der Waals surface area (Å²) in [5, 5.41) is 0. The lowest BCUT2D eigenvalue weighted by atomic mass is 10.1. The quantitative estimate of drug-likeness (QED) is 0.633. The van der Waals surface area contributed by atoms with Crippen molar-refractivity contribution in [2.75, 3.05) is 13.7 Å². The molecule has 1 fully saturated rings. The number of hydrogen-bond acceptors (Lipinski definition) is 2. The Kier molecular flexibility index (Phi) is 2.00. The molecule has 1 aromatic carbocycles. The molecule has 0 bridgehead atoms. The van der Waals surface area contributed by atoms with Crippen LogP contribution in [0.15, 0.2) is 24.3 Å². The summed E-state index contributed by atoms with van der Waals surface area (Å²) in [7, 11) is 1.69. The third kappa shape index (κ3) is 1.77. The molecule has 1 saturated heterocycles. The fourth-order valence-corrected chi connectivity index (χ4v) is 1.25. The Labute approximate surface area is 72.1 Å². The van der Waals surface area contributed by atoms with Crippen LogP contribution in [0.5, 0.6) is 5.75 Å². The maximum Gasteiger partial charge on any atom is 0.119 e. The van der Waals surface area contributed by atoms with Crippen molar-refractivity contribution >= 4 is 0 Å². The highest BCUT2D eigenvalue weighted by Crippen LogP contribution is 2.19. The van der Waals surface area contributed by atoms with Gasteiger partial charge in [0, 0.05) is 6.42 Å². The molecule has 2 heteroatoms. The topological polar surface area (TPSA) is 21.8 Å². The zero-order valence-corrected chi connectivity index (χ0v) is 7.12. The van der Waals surface area contributed by atoms with Crippen LogP contribution in [0.4, 0.5) is 0 Å². The van der Waals surface area contributed by atoms with Gasteiger partial charge in [-0.1, -0.05) is 12.1 Å². The Balaban J connectivity index is 2.08. The highest BCUT2D eigenvalue weighted by molar-refractivity contribution is 5.29. The Hall–Kier alpha value is -1.02. The molecular formula is C10H12O2. The lowest BCUT2D eigenvalue weighted by molar-refractivity contribution is 0.404. The standard InChI is InChI=1S/C10H12O2/c1-11-9-4-2-3-8(5-9)6-10-7-12-10/h2-5,10H,6-7H2,1H3. The molecule has 0 N–H and O–H groups in total. The van der Waals surface area contributed by atoms with E-state index in [9.17, 15) is 0 Å². The Morgan fingerprint density at radius 3 is 3.08 bits per heavy atom. The lowest BCUT2D eigenvalue weighted by Crippen LogP contribution is -1.93. The first kappa shape index (κ1) is 7.62. The van der Waals surface area contributed by atoms with Gasteiger partial charge in [0.2, 0.25) is 0 Å². The summed E-state index contributed by atoms with van der Waals surface area (Å²) in [4.78, 5) is 0. The molecule has 0 aliphatic carbocycles. The summed E-state index contributed by atoms with van der Waals surface area (Å²) < 4.78 is 10.3. The van der Waals surface area contributed by atoms with E-state index in [1.807, 2.05) is 12.1 Å². The van der Waals surface area contributed by atoms with Gasteiger partial charge in [-0.05, 0) is 17.7 Å². The van der Waals surface area contributed by atoms with Gasteiger partial charge in [0.25, 0.3) is 0 Å².